The van der Waals surface area contributed by atoms with Crippen molar-refractivity contribution in [1.82, 2.24) is 9.55 Å². The van der Waals surface area contributed by atoms with E-state index in [0.717, 1.165) is 22.7 Å². The number of nitrogens with zero attached hydrogens (tertiary/aromatic N) is 2. The highest BCUT2D eigenvalue weighted by atomic mass is 32.2. The Morgan fingerprint density at radius 2 is 1.94 bits per heavy atom. The number of ether oxygens (including phenoxy) is 1. The fourth-order valence-corrected chi connectivity index (χ4v) is 4.02. The van der Waals surface area contributed by atoms with Gasteiger partial charge in [-0.25, -0.2) is 9.37 Å². The molecule has 4 rings (SSSR count). The molecule has 1 amide bonds. The van der Waals surface area contributed by atoms with Gasteiger partial charge in [0.05, 0.1) is 24.1 Å². The molecule has 3 aromatic carbocycles. The number of carbonyl (C=O) groups is 1. The van der Waals surface area contributed by atoms with Crippen molar-refractivity contribution in [3.05, 3.63) is 96.3 Å². The van der Waals surface area contributed by atoms with Crippen LogP contribution >= 0.6 is 11.8 Å². The monoisotopic (exact) mass is 461 g/mol. The quantitative estimate of drug-likeness (QED) is 0.308. The maximum Gasteiger partial charge on any atom is 0.228 e. The van der Waals surface area contributed by atoms with E-state index >= 15 is 0 Å². The number of imidazole rings is 1. The minimum atomic E-state index is -0.389. The molecule has 0 bridgehead atoms. The number of hydrogen-bond acceptors (Lipinski definition) is 4. The molecule has 0 saturated carbocycles. The fraction of sp³-hybridized carbons (Fsp3) is 0.154. The highest BCUT2D eigenvalue weighted by molar-refractivity contribution is 7.99. The number of halogens is 1. The lowest BCUT2D eigenvalue weighted by molar-refractivity contribution is -0.115. The molecule has 4 aromatic rings. The number of aryl methyl sites for hydroxylation is 1. The van der Waals surface area contributed by atoms with E-state index in [-0.39, 0.29) is 18.1 Å². The first kappa shape index (κ1) is 22.6. The third-order valence-corrected chi connectivity index (χ3v) is 5.75. The second kappa shape index (κ2) is 10.4. The number of rotatable bonds is 8. The second-order valence-corrected chi connectivity index (χ2v) is 8.80. The summed E-state index contributed by atoms with van der Waals surface area (Å²) in [4.78, 5) is 18.1. The van der Waals surface area contributed by atoms with Gasteiger partial charge in [-0.1, -0.05) is 25.1 Å². The number of thioether (sulfide) groups is 1. The van der Waals surface area contributed by atoms with Gasteiger partial charge in [0.15, 0.2) is 5.75 Å². The van der Waals surface area contributed by atoms with Crippen LogP contribution in [0.1, 0.15) is 18.2 Å². The van der Waals surface area contributed by atoms with Gasteiger partial charge in [-0.15, -0.1) is 11.8 Å². The Morgan fingerprint density at radius 1 is 1.12 bits per heavy atom. The summed E-state index contributed by atoms with van der Waals surface area (Å²) in [5.41, 5.74) is 3.11. The van der Waals surface area contributed by atoms with E-state index in [9.17, 15) is 9.18 Å². The molecule has 0 aliphatic heterocycles. The summed E-state index contributed by atoms with van der Waals surface area (Å²) >= 11 is 1.77. The third-order valence-electron chi connectivity index (χ3n) is 4.86. The van der Waals surface area contributed by atoms with Gasteiger partial charge in [0.1, 0.15) is 11.6 Å². The van der Waals surface area contributed by atoms with E-state index in [1.54, 1.807) is 36.3 Å². The first-order valence-electron chi connectivity index (χ1n) is 10.6. The Morgan fingerprint density at radius 3 is 2.64 bits per heavy atom. The van der Waals surface area contributed by atoms with Crippen molar-refractivity contribution in [2.75, 3.05) is 11.1 Å². The lowest BCUT2D eigenvalue weighted by Gasteiger charge is -2.14. The highest BCUT2D eigenvalue weighted by Crippen LogP contribution is 2.32. The van der Waals surface area contributed by atoms with Crippen LogP contribution in [0.15, 0.2) is 84.1 Å². The minimum absolute atomic E-state index is 0.131. The number of aromatic nitrogens is 2. The van der Waals surface area contributed by atoms with Crippen molar-refractivity contribution < 1.29 is 13.9 Å². The van der Waals surface area contributed by atoms with E-state index in [2.05, 4.69) is 17.2 Å². The molecule has 0 aliphatic carbocycles. The molecule has 0 aliphatic rings. The Kier molecular flexibility index (Phi) is 7.10. The van der Waals surface area contributed by atoms with E-state index in [0.29, 0.717) is 17.2 Å². The van der Waals surface area contributed by atoms with Crippen LogP contribution in [0.25, 0.3) is 5.69 Å². The predicted molar refractivity (Wildman–Crippen MR) is 130 cm³/mol. The van der Waals surface area contributed by atoms with Gasteiger partial charge >= 0.3 is 0 Å². The molecule has 5 nitrogen and oxygen atoms in total. The topological polar surface area (TPSA) is 56.2 Å². The molecule has 0 radical (unpaired) electrons. The van der Waals surface area contributed by atoms with Crippen LogP contribution in [-0.2, 0) is 11.2 Å². The average molecular weight is 462 g/mol. The zero-order valence-corrected chi connectivity index (χ0v) is 19.2. The average Bonchev–Trinajstić information content (AvgIpc) is 3.21. The fourth-order valence-electron chi connectivity index (χ4n) is 3.36. The Hall–Kier alpha value is -3.58. The summed E-state index contributed by atoms with van der Waals surface area (Å²) in [5, 5.41) is 2.93. The first-order chi connectivity index (χ1) is 16.0. The summed E-state index contributed by atoms with van der Waals surface area (Å²) in [5.74, 6) is 1.32. The molecule has 7 heteroatoms. The van der Waals surface area contributed by atoms with Gasteiger partial charge < -0.3 is 14.6 Å². The number of amides is 1. The third kappa shape index (κ3) is 6.02. The summed E-state index contributed by atoms with van der Waals surface area (Å²) in [6.45, 7) is 4.00. The van der Waals surface area contributed by atoms with Crippen LogP contribution in [-0.4, -0.2) is 21.2 Å². The molecular weight excluding hydrogens is 437 g/mol. The molecule has 1 aromatic heterocycles. The first-order valence-corrected chi connectivity index (χ1v) is 11.6. The maximum atomic E-state index is 13.7. The highest BCUT2D eigenvalue weighted by Gasteiger charge is 2.12. The SMILES string of the molecule is CCSc1ccc(CC(=O)Nc2ccc(-n3cnc(C)c3)c(Oc3cccc(F)c3)c2)cc1. The zero-order chi connectivity index (χ0) is 23.2. The number of anilines is 1. The number of nitrogens with one attached hydrogen (secondary N) is 1. The smallest absolute Gasteiger partial charge is 0.228 e. The van der Waals surface area contributed by atoms with Crippen LogP contribution in [0.4, 0.5) is 10.1 Å². The lowest BCUT2D eigenvalue weighted by Crippen LogP contribution is -2.14. The molecular formula is C26H24FN3O2S. The summed E-state index contributed by atoms with van der Waals surface area (Å²) in [6.07, 6.45) is 3.81. The zero-order valence-electron chi connectivity index (χ0n) is 18.4. The number of benzene rings is 3. The van der Waals surface area contributed by atoms with Crippen molar-refractivity contribution >= 4 is 23.4 Å². The van der Waals surface area contributed by atoms with Crippen LogP contribution < -0.4 is 10.1 Å². The van der Waals surface area contributed by atoms with Gasteiger partial charge in [-0.05, 0) is 54.6 Å². The van der Waals surface area contributed by atoms with Crippen LogP contribution in [0, 0.1) is 12.7 Å². The number of hydrogen-bond donors (Lipinski definition) is 1. The van der Waals surface area contributed by atoms with Crippen molar-refractivity contribution in [3.8, 4) is 17.2 Å². The molecule has 33 heavy (non-hydrogen) atoms. The normalized spacial score (nSPS) is 10.8. The lowest BCUT2D eigenvalue weighted by atomic mass is 10.1. The molecule has 0 unspecified atom stereocenters. The molecule has 168 valence electrons. The molecule has 0 fully saturated rings. The molecule has 1 N–H and O–H groups in total. The Labute approximate surface area is 196 Å². The maximum absolute atomic E-state index is 13.7. The second-order valence-electron chi connectivity index (χ2n) is 7.47. The minimum Gasteiger partial charge on any atom is -0.455 e. The van der Waals surface area contributed by atoms with E-state index < -0.39 is 0 Å². The number of carbonyl (C=O) groups excluding carboxylic acids is 1. The van der Waals surface area contributed by atoms with E-state index in [4.69, 9.17) is 4.74 Å². The van der Waals surface area contributed by atoms with Crippen molar-refractivity contribution in [2.24, 2.45) is 0 Å². The molecule has 0 spiro atoms. The molecule has 0 saturated heterocycles. The Balaban J connectivity index is 1.55. The van der Waals surface area contributed by atoms with Crippen molar-refractivity contribution in [3.63, 3.8) is 0 Å². The molecule has 1 heterocycles. The summed E-state index contributed by atoms with van der Waals surface area (Å²) in [7, 11) is 0. The van der Waals surface area contributed by atoms with Gasteiger partial charge in [-0.2, -0.15) is 0 Å². The van der Waals surface area contributed by atoms with E-state index in [1.807, 2.05) is 54.1 Å². The van der Waals surface area contributed by atoms with Gasteiger partial charge in [-0.3, -0.25) is 4.79 Å². The van der Waals surface area contributed by atoms with Gasteiger partial charge in [0.2, 0.25) is 5.91 Å². The van der Waals surface area contributed by atoms with Crippen molar-refractivity contribution in [1.29, 1.82) is 0 Å². The largest absolute Gasteiger partial charge is 0.455 e. The van der Waals surface area contributed by atoms with Gasteiger partial charge in [0.25, 0.3) is 0 Å². The summed E-state index contributed by atoms with van der Waals surface area (Å²) < 4.78 is 21.5. The summed E-state index contributed by atoms with van der Waals surface area (Å²) in [6, 6.07) is 19.3. The van der Waals surface area contributed by atoms with Gasteiger partial charge in [0, 0.05) is 28.9 Å². The predicted octanol–water partition coefficient (Wildman–Crippen LogP) is 6.41. The molecule has 0 atom stereocenters. The van der Waals surface area contributed by atoms with Crippen LogP contribution in [0.5, 0.6) is 11.5 Å². The van der Waals surface area contributed by atoms with E-state index in [1.165, 1.54) is 17.0 Å². The van der Waals surface area contributed by atoms with Crippen LogP contribution in [0.3, 0.4) is 0 Å². The standard InChI is InChI=1S/C26H24FN3O2S/c1-3-33-23-10-7-19(8-11-23)13-26(31)29-21-9-12-24(30-16-18(2)28-17-30)25(15-21)32-22-6-4-5-20(27)14-22/h4-12,14-17H,3,13H2,1-2H3,(H,29,31). The van der Waals surface area contributed by atoms with Crippen LogP contribution in [0.2, 0.25) is 0 Å². The van der Waals surface area contributed by atoms with Crippen molar-refractivity contribution in [2.45, 2.75) is 25.2 Å². The Bertz CT molecular complexity index is 1250.